The lowest BCUT2D eigenvalue weighted by atomic mass is 9.86. The van der Waals surface area contributed by atoms with E-state index in [-0.39, 0.29) is 23.7 Å². The molecular formula is C17H22N2O3. The van der Waals surface area contributed by atoms with E-state index in [2.05, 4.69) is 11.4 Å². The van der Waals surface area contributed by atoms with Crippen LogP contribution in [0.3, 0.4) is 0 Å². The minimum atomic E-state index is -0.616. The summed E-state index contributed by atoms with van der Waals surface area (Å²) < 4.78 is 5.14. The number of esters is 1. The Bertz CT molecular complexity index is 553. The van der Waals surface area contributed by atoms with Crippen LogP contribution in [-0.4, -0.2) is 23.7 Å². The SMILES string of the molecule is CCOC(=O)C(NC1CCCC(C#N)C1)c1cccc(O)c1. The van der Waals surface area contributed by atoms with E-state index in [4.69, 9.17) is 10.00 Å². The van der Waals surface area contributed by atoms with Gasteiger partial charge in [-0.2, -0.15) is 5.26 Å². The number of carbonyl (C=O) groups is 1. The first-order valence-electron chi connectivity index (χ1n) is 7.75. The van der Waals surface area contributed by atoms with Crippen molar-refractivity contribution in [3.63, 3.8) is 0 Å². The molecule has 0 spiro atoms. The summed E-state index contributed by atoms with van der Waals surface area (Å²) in [4.78, 5) is 12.2. The van der Waals surface area contributed by atoms with E-state index in [9.17, 15) is 9.90 Å². The van der Waals surface area contributed by atoms with Crippen LogP contribution in [-0.2, 0) is 9.53 Å². The maximum Gasteiger partial charge on any atom is 0.327 e. The van der Waals surface area contributed by atoms with Crippen LogP contribution >= 0.6 is 0 Å². The van der Waals surface area contributed by atoms with Crippen molar-refractivity contribution >= 4 is 5.97 Å². The molecule has 3 unspecified atom stereocenters. The molecule has 0 radical (unpaired) electrons. The molecule has 2 N–H and O–H groups in total. The second kappa shape index (κ2) is 7.81. The Morgan fingerprint density at radius 2 is 2.36 bits per heavy atom. The first-order valence-corrected chi connectivity index (χ1v) is 7.75. The summed E-state index contributed by atoms with van der Waals surface area (Å²) in [5.74, 6) is -0.197. The zero-order valence-corrected chi connectivity index (χ0v) is 12.8. The second-order valence-corrected chi connectivity index (χ2v) is 5.64. The molecule has 118 valence electrons. The number of aromatic hydroxyl groups is 1. The fraction of sp³-hybridized carbons (Fsp3) is 0.529. The Labute approximate surface area is 130 Å². The molecule has 22 heavy (non-hydrogen) atoms. The van der Waals surface area contributed by atoms with Crippen LogP contribution in [0, 0.1) is 17.2 Å². The van der Waals surface area contributed by atoms with E-state index in [1.165, 1.54) is 0 Å². The first kappa shape index (κ1) is 16.3. The maximum absolute atomic E-state index is 12.2. The quantitative estimate of drug-likeness (QED) is 0.817. The summed E-state index contributed by atoms with van der Waals surface area (Å²) in [6, 6.07) is 8.44. The lowest BCUT2D eigenvalue weighted by Crippen LogP contribution is -2.40. The van der Waals surface area contributed by atoms with Crippen molar-refractivity contribution in [1.82, 2.24) is 5.32 Å². The Balaban J connectivity index is 2.14. The van der Waals surface area contributed by atoms with Crippen molar-refractivity contribution < 1.29 is 14.6 Å². The number of carbonyl (C=O) groups excluding carboxylic acids is 1. The van der Waals surface area contributed by atoms with Gasteiger partial charge in [0, 0.05) is 12.0 Å². The average Bonchev–Trinajstić information content (AvgIpc) is 2.53. The van der Waals surface area contributed by atoms with Crippen molar-refractivity contribution in [2.24, 2.45) is 5.92 Å². The molecule has 0 bridgehead atoms. The van der Waals surface area contributed by atoms with Crippen molar-refractivity contribution in [3.05, 3.63) is 29.8 Å². The van der Waals surface area contributed by atoms with Gasteiger partial charge in [0.1, 0.15) is 11.8 Å². The average molecular weight is 302 g/mol. The van der Waals surface area contributed by atoms with Gasteiger partial charge < -0.3 is 9.84 Å². The predicted octanol–water partition coefficient (Wildman–Crippen LogP) is 2.67. The third-order valence-corrected chi connectivity index (χ3v) is 3.98. The highest BCUT2D eigenvalue weighted by atomic mass is 16.5. The molecule has 1 aliphatic carbocycles. The molecule has 0 saturated heterocycles. The third-order valence-electron chi connectivity index (χ3n) is 3.98. The van der Waals surface area contributed by atoms with Crippen LogP contribution in [0.4, 0.5) is 0 Å². The lowest BCUT2D eigenvalue weighted by molar-refractivity contribution is -0.146. The van der Waals surface area contributed by atoms with Gasteiger partial charge in [-0.3, -0.25) is 5.32 Å². The van der Waals surface area contributed by atoms with Gasteiger partial charge in [-0.05, 0) is 43.9 Å². The molecule has 1 aliphatic rings. The molecule has 0 aromatic heterocycles. The molecule has 0 aliphatic heterocycles. The molecule has 0 heterocycles. The van der Waals surface area contributed by atoms with E-state index in [0.29, 0.717) is 12.2 Å². The summed E-state index contributed by atoms with van der Waals surface area (Å²) in [6.07, 6.45) is 3.58. The number of nitriles is 1. The van der Waals surface area contributed by atoms with Gasteiger partial charge in [-0.15, -0.1) is 0 Å². The van der Waals surface area contributed by atoms with E-state index >= 15 is 0 Å². The Morgan fingerprint density at radius 3 is 3.05 bits per heavy atom. The fourth-order valence-corrected chi connectivity index (χ4v) is 2.92. The normalized spacial score (nSPS) is 22.5. The third kappa shape index (κ3) is 4.22. The smallest absolute Gasteiger partial charge is 0.327 e. The number of benzene rings is 1. The number of phenols is 1. The largest absolute Gasteiger partial charge is 0.508 e. The molecule has 1 aromatic rings. The van der Waals surface area contributed by atoms with Crippen molar-refractivity contribution in [3.8, 4) is 11.8 Å². The van der Waals surface area contributed by atoms with Crippen molar-refractivity contribution in [1.29, 1.82) is 5.26 Å². The van der Waals surface area contributed by atoms with Crippen LogP contribution in [0.25, 0.3) is 0 Å². The molecule has 3 atom stereocenters. The molecule has 5 heteroatoms. The maximum atomic E-state index is 12.2. The highest BCUT2D eigenvalue weighted by Gasteiger charge is 2.28. The van der Waals surface area contributed by atoms with E-state index < -0.39 is 6.04 Å². The van der Waals surface area contributed by atoms with E-state index in [0.717, 1.165) is 25.7 Å². The Morgan fingerprint density at radius 1 is 1.55 bits per heavy atom. The van der Waals surface area contributed by atoms with Gasteiger partial charge >= 0.3 is 5.97 Å². The molecule has 5 nitrogen and oxygen atoms in total. The van der Waals surface area contributed by atoms with Crippen molar-refractivity contribution in [2.45, 2.75) is 44.7 Å². The highest BCUT2D eigenvalue weighted by Crippen LogP contribution is 2.27. The molecule has 1 aromatic carbocycles. The molecule has 2 rings (SSSR count). The minimum Gasteiger partial charge on any atom is -0.508 e. The Hall–Kier alpha value is -2.06. The molecule has 1 saturated carbocycles. The van der Waals surface area contributed by atoms with Gasteiger partial charge in [0.15, 0.2) is 0 Å². The number of hydrogen-bond donors (Lipinski definition) is 2. The van der Waals surface area contributed by atoms with Crippen LogP contribution in [0.1, 0.15) is 44.2 Å². The first-order chi connectivity index (χ1) is 10.6. The summed E-state index contributed by atoms with van der Waals surface area (Å²) in [6.45, 7) is 2.07. The summed E-state index contributed by atoms with van der Waals surface area (Å²) in [5.41, 5.74) is 0.678. The molecule has 0 amide bonds. The zero-order valence-electron chi connectivity index (χ0n) is 12.8. The summed E-state index contributed by atoms with van der Waals surface area (Å²) in [5, 5.41) is 22.0. The van der Waals surface area contributed by atoms with Gasteiger partial charge in [0.2, 0.25) is 0 Å². The van der Waals surface area contributed by atoms with Crippen LogP contribution in [0.2, 0.25) is 0 Å². The summed E-state index contributed by atoms with van der Waals surface area (Å²) >= 11 is 0. The van der Waals surface area contributed by atoms with Crippen LogP contribution in [0.15, 0.2) is 24.3 Å². The van der Waals surface area contributed by atoms with Gasteiger partial charge in [-0.25, -0.2) is 4.79 Å². The number of rotatable bonds is 5. The van der Waals surface area contributed by atoms with Gasteiger partial charge in [0.25, 0.3) is 0 Å². The van der Waals surface area contributed by atoms with Gasteiger partial charge in [0.05, 0.1) is 12.7 Å². The molecular weight excluding hydrogens is 280 g/mol. The molecule has 1 fully saturated rings. The van der Waals surface area contributed by atoms with E-state index in [1.54, 1.807) is 31.2 Å². The summed E-state index contributed by atoms with van der Waals surface area (Å²) in [7, 11) is 0. The second-order valence-electron chi connectivity index (χ2n) is 5.64. The highest BCUT2D eigenvalue weighted by molar-refractivity contribution is 5.77. The van der Waals surface area contributed by atoms with E-state index in [1.807, 2.05) is 0 Å². The minimum absolute atomic E-state index is 0.0401. The van der Waals surface area contributed by atoms with Crippen LogP contribution < -0.4 is 5.32 Å². The number of phenolic OH excluding ortho intramolecular Hbond substituents is 1. The standard InChI is InChI=1S/C17H22N2O3/c1-2-22-17(21)16(13-6-4-8-15(20)10-13)19-14-7-3-5-12(9-14)11-18/h4,6,8,10,12,14,16,19-20H,2-3,5,7,9H2,1H3. The zero-order chi connectivity index (χ0) is 15.9. The fourth-order valence-electron chi connectivity index (χ4n) is 2.92. The van der Waals surface area contributed by atoms with Gasteiger partial charge in [-0.1, -0.05) is 18.6 Å². The van der Waals surface area contributed by atoms with Crippen LogP contribution in [0.5, 0.6) is 5.75 Å². The number of nitrogens with zero attached hydrogens (tertiary/aromatic N) is 1. The number of nitrogens with one attached hydrogen (secondary N) is 1. The monoisotopic (exact) mass is 302 g/mol. The van der Waals surface area contributed by atoms with Crippen molar-refractivity contribution in [2.75, 3.05) is 6.61 Å². The number of ether oxygens (including phenoxy) is 1. The number of hydrogen-bond acceptors (Lipinski definition) is 5. The predicted molar refractivity (Wildman–Crippen MR) is 82.0 cm³/mol. The Kier molecular flexibility index (Phi) is 5.79. The topological polar surface area (TPSA) is 82.3 Å². The lowest BCUT2D eigenvalue weighted by Gasteiger charge is -2.29.